The summed E-state index contributed by atoms with van der Waals surface area (Å²) in [5, 5.41) is 0.504. The van der Waals surface area contributed by atoms with Crippen LogP contribution in [0.15, 0.2) is 77.4 Å². The second-order valence-corrected chi connectivity index (χ2v) is 7.57. The van der Waals surface area contributed by atoms with Crippen LogP contribution in [0.1, 0.15) is 35.8 Å². The van der Waals surface area contributed by atoms with Crippen LogP contribution < -0.4 is 5.73 Å². The Morgan fingerprint density at radius 2 is 1.83 bits per heavy atom. The van der Waals surface area contributed by atoms with Gasteiger partial charge in [-0.05, 0) is 29.2 Å². The van der Waals surface area contributed by atoms with Gasteiger partial charge in [-0.25, -0.2) is 4.79 Å². The van der Waals surface area contributed by atoms with E-state index in [-0.39, 0.29) is 23.2 Å². The number of carbonyl (C=O) groups is 2. The maximum atomic E-state index is 13.3. The van der Waals surface area contributed by atoms with Crippen molar-refractivity contribution in [1.29, 1.82) is 0 Å². The maximum Gasteiger partial charge on any atom is 0.340 e. The summed E-state index contributed by atoms with van der Waals surface area (Å²) in [7, 11) is 1.27. The molecule has 1 aliphatic heterocycles. The van der Waals surface area contributed by atoms with Crippen LogP contribution in [0, 0.1) is 0 Å². The first-order valence-corrected chi connectivity index (χ1v) is 9.69. The molecule has 2 aliphatic rings. The second kappa shape index (κ2) is 7.76. The molecular weight excluding hydrogens is 390 g/mol. The first kappa shape index (κ1) is 19.3. The van der Waals surface area contributed by atoms with E-state index in [0.29, 0.717) is 34.8 Å². The van der Waals surface area contributed by atoms with Crippen molar-refractivity contribution >= 4 is 23.4 Å². The molecule has 2 aromatic carbocycles. The van der Waals surface area contributed by atoms with Gasteiger partial charge in [-0.1, -0.05) is 54.1 Å². The Morgan fingerprint density at radius 1 is 1.10 bits per heavy atom. The fourth-order valence-corrected chi connectivity index (χ4v) is 4.30. The van der Waals surface area contributed by atoms with Crippen molar-refractivity contribution < 1.29 is 19.1 Å². The molecule has 0 radical (unpaired) electrons. The minimum atomic E-state index is -0.672. The van der Waals surface area contributed by atoms with Gasteiger partial charge in [0.2, 0.25) is 5.88 Å². The second-order valence-electron chi connectivity index (χ2n) is 7.14. The Kier molecular flexibility index (Phi) is 5.16. The average molecular weight is 410 g/mol. The largest absolute Gasteiger partial charge is 0.465 e. The van der Waals surface area contributed by atoms with Gasteiger partial charge in [-0.15, -0.1) is 0 Å². The first-order valence-electron chi connectivity index (χ1n) is 9.32. The smallest absolute Gasteiger partial charge is 0.340 e. The number of nitrogens with two attached hydrogens (primary N) is 1. The minimum Gasteiger partial charge on any atom is -0.465 e. The van der Waals surface area contributed by atoms with Gasteiger partial charge in [0.25, 0.3) is 0 Å². The number of ether oxygens (including phenoxy) is 2. The molecule has 1 heterocycles. The topological polar surface area (TPSA) is 78.6 Å². The van der Waals surface area contributed by atoms with Gasteiger partial charge in [-0.2, -0.15) is 0 Å². The number of rotatable bonds is 3. The Bertz CT molecular complexity index is 1040. The van der Waals surface area contributed by atoms with Crippen molar-refractivity contribution in [3.05, 3.63) is 93.5 Å². The molecular formula is C23H20ClNO4. The number of halogens is 1. The third-order valence-electron chi connectivity index (χ3n) is 5.40. The van der Waals surface area contributed by atoms with Crippen LogP contribution in [0.5, 0.6) is 0 Å². The fourth-order valence-electron chi connectivity index (χ4n) is 4.10. The summed E-state index contributed by atoms with van der Waals surface area (Å²) in [6.07, 6.45) is 0.856. The van der Waals surface area contributed by atoms with E-state index in [2.05, 4.69) is 0 Å². The van der Waals surface area contributed by atoms with Gasteiger partial charge in [0, 0.05) is 23.4 Å². The molecule has 0 saturated carbocycles. The summed E-state index contributed by atoms with van der Waals surface area (Å²) in [6, 6.07) is 16.9. The normalized spacial score (nSPS) is 21.5. The van der Waals surface area contributed by atoms with Crippen LogP contribution in [0.4, 0.5) is 0 Å². The van der Waals surface area contributed by atoms with Crippen molar-refractivity contribution in [3.63, 3.8) is 0 Å². The molecule has 0 fully saturated rings. The minimum absolute atomic E-state index is 0.00469. The first-order chi connectivity index (χ1) is 14.0. The lowest BCUT2D eigenvalue weighted by Crippen LogP contribution is -2.32. The number of ketones is 1. The quantitative estimate of drug-likeness (QED) is 0.768. The predicted octanol–water partition coefficient (Wildman–Crippen LogP) is 4.20. The van der Waals surface area contributed by atoms with Crippen LogP contribution in [0.25, 0.3) is 0 Å². The van der Waals surface area contributed by atoms with Gasteiger partial charge in [0.1, 0.15) is 11.3 Å². The SMILES string of the molecule is COC(=O)C1=C(N)OC2=C(C(=O)C[C@H](c3ccccc3)C2)[C@@H]1c1cccc(Cl)c1. The van der Waals surface area contributed by atoms with E-state index in [4.69, 9.17) is 26.8 Å². The third-order valence-corrected chi connectivity index (χ3v) is 5.63. The Hall–Kier alpha value is -3.05. The lowest BCUT2D eigenvalue weighted by atomic mass is 9.73. The molecule has 2 N–H and O–H groups in total. The van der Waals surface area contributed by atoms with Crippen LogP contribution in [0.2, 0.25) is 5.02 Å². The van der Waals surface area contributed by atoms with E-state index < -0.39 is 11.9 Å². The highest BCUT2D eigenvalue weighted by atomic mass is 35.5. The van der Waals surface area contributed by atoms with Gasteiger partial charge >= 0.3 is 5.97 Å². The molecule has 0 aromatic heterocycles. The number of allylic oxidation sites excluding steroid dienone is 2. The summed E-state index contributed by atoms with van der Waals surface area (Å²) in [6.45, 7) is 0. The fraction of sp³-hybridized carbons (Fsp3) is 0.217. The molecule has 0 bridgehead atoms. The van der Waals surface area contributed by atoms with E-state index in [0.717, 1.165) is 5.56 Å². The van der Waals surface area contributed by atoms with Gasteiger partial charge < -0.3 is 15.2 Å². The molecule has 5 nitrogen and oxygen atoms in total. The maximum absolute atomic E-state index is 13.3. The van der Waals surface area contributed by atoms with E-state index >= 15 is 0 Å². The van der Waals surface area contributed by atoms with E-state index in [1.807, 2.05) is 36.4 Å². The number of esters is 1. The molecule has 148 valence electrons. The van der Waals surface area contributed by atoms with Crippen LogP contribution >= 0.6 is 11.6 Å². The zero-order valence-electron chi connectivity index (χ0n) is 15.9. The zero-order valence-corrected chi connectivity index (χ0v) is 16.6. The monoisotopic (exact) mass is 409 g/mol. The lowest BCUT2D eigenvalue weighted by molar-refractivity contribution is -0.136. The number of hydrogen-bond acceptors (Lipinski definition) is 5. The molecule has 0 spiro atoms. The third kappa shape index (κ3) is 3.54. The number of carbonyl (C=O) groups excluding carboxylic acids is 2. The molecule has 0 saturated heterocycles. The van der Waals surface area contributed by atoms with Gasteiger partial charge in [-0.3, -0.25) is 4.79 Å². The summed E-state index contributed by atoms with van der Waals surface area (Å²) < 4.78 is 10.7. The van der Waals surface area contributed by atoms with E-state index in [9.17, 15) is 9.59 Å². The highest BCUT2D eigenvalue weighted by molar-refractivity contribution is 6.30. The molecule has 2 atom stereocenters. The molecule has 2 aromatic rings. The molecule has 4 rings (SSSR count). The number of Topliss-reactive ketones (excluding diaryl/α,β-unsaturated/α-hetero) is 1. The lowest BCUT2D eigenvalue weighted by Gasteiger charge is -2.35. The Morgan fingerprint density at radius 3 is 2.52 bits per heavy atom. The van der Waals surface area contributed by atoms with Crippen molar-refractivity contribution in [3.8, 4) is 0 Å². The van der Waals surface area contributed by atoms with Crippen molar-refractivity contribution in [2.75, 3.05) is 7.11 Å². The standard InChI is InChI=1S/C23H20ClNO4/c1-28-23(27)21-19(14-8-5-9-16(24)10-14)20-17(26)11-15(12-18(20)29-22(21)25)13-6-3-2-4-7-13/h2-10,15,19H,11-12,25H2,1H3/t15-,19-/m0/s1. The number of methoxy groups -OCH3 is 1. The molecule has 0 amide bonds. The van der Waals surface area contributed by atoms with Crippen molar-refractivity contribution in [1.82, 2.24) is 0 Å². The van der Waals surface area contributed by atoms with Crippen LogP contribution in [0.3, 0.4) is 0 Å². The number of hydrogen-bond donors (Lipinski definition) is 1. The Balaban J connectivity index is 1.82. The highest BCUT2D eigenvalue weighted by Gasteiger charge is 2.43. The average Bonchev–Trinajstić information content (AvgIpc) is 2.72. The predicted molar refractivity (Wildman–Crippen MR) is 109 cm³/mol. The van der Waals surface area contributed by atoms with Gasteiger partial charge in [0.05, 0.1) is 13.0 Å². The summed E-state index contributed by atoms with van der Waals surface area (Å²) in [5.74, 6) is -0.910. The highest BCUT2D eigenvalue weighted by Crippen LogP contribution is 2.47. The van der Waals surface area contributed by atoms with Crippen molar-refractivity contribution in [2.24, 2.45) is 5.73 Å². The van der Waals surface area contributed by atoms with Gasteiger partial charge in [0.15, 0.2) is 5.78 Å². The van der Waals surface area contributed by atoms with Crippen LogP contribution in [-0.2, 0) is 19.1 Å². The van der Waals surface area contributed by atoms with Crippen molar-refractivity contribution in [2.45, 2.75) is 24.7 Å². The molecule has 0 unspecified atom stereocenters. The summed E-state index contributed by atoms with van der Waals surface area (Å²) >= 11 is 6.18. The molecule has 1 aliphatic carbocycles. The Labute approximate surface area is 173 Å². The summed E-state index contributed by atoms with van der Waals surface area (Å²) in [5.41, 5.74) is 8.48. The molecule has 29 heavy (non-hydrogen) atoms. The van der Waals surface area contributed by atoms with E-state index in [1.54, 1.807) is 18.2 Å². The summed E-state index contributed by atoms with van der Waals surface area (Å²) in [4.78, 5) is 25.8. The zero-order chi connectivity index (χ0) is 20.5. The molecule has 6 heteroatoms. The van der Waals surface area contributed by atoms with Crippen LogP contribution in [-0.4, -0.2) is 18.9 Å². The van der Waals surface area contributed by atoms with E-state index in [1.165, 1.54) is 7.11 Å². The number of benzene rings is 2.